The maximum absolute atomic E-state index is 14.9. The van der Waals surface area contributed by atoms with Crippen molar-refractivity contribution in [3.8, 4) is 0 Å². The van der Waals surface area contributed by atoms with Gasteiger partial charge in [-0.15, -0.1) is 0 Å². The van der Waals surface area contributed by atoms with Crippen molar-refractivity contribution in [2.75, 3.05) is 0 Å². The number of rotatable bonds is 5. The van der Waals surface area contributed by atoms with Crippen molar-refractivity contribution in [1.82, 2.24) is 4.98 Å². The predicted molar refractivity (Wildman–Crippen MR) is 99.7 cm³/mol. The number of hydrogen-bond acceptors (Lipinski definition) is 1. The van der Waals surface area contributed by atoms with Crippen LogP contribution >= 0.6 is 0 Å². The lowest BCUT2D eigenvalue weighted by atomic mass is 9.80. The Morgan fingerprint density at radius 1 is 0.833 bits per heavy atom. The minimum atomic E-state index is -0.0397. The van der Waals surface area contributed by atoms with E-state index in [1.54, 1.807) is 0 Å². The van der Waals surface area contributed by atoms with E-state index < -0.39 is 0 Å². The summed E-state index contributed by atoms with van der Waals surface area (Å²) in [5, 5.41) is 0. The molecular formula is C22H30FN. The van der Waals surface area contributed by atoms with Crippen LogP contribution in [0.2, 0.25) is 0 Å². The number of aromatic nitrogens is 1. The molecule has 1 aromatic heterocycles. The minimum absolute atomic E-state index is 0.0299. The summed E-state index contributed by atoms with van der Waals surface area (Å²) in [4.78, 5) is 4.59. The van der Waals surface area contributed by atoms with Crippen molar-refractivity contribution < 1.29 is 4.39 Å². The van der Waals surface area contributed by atoms with Crippen molar-refractivity contribution in [3.05, 3.63) is 64.7 Å². The maximum Gasteiger partial charge on any atom is 0.129 e. The molecule has 24 heavy (non-hydrogen) atoms. The fraction of sp³-hybridized carbons (Fsp3) is 0.500. The first kappa shape index (κ1) is 18.6. The summed E-state index contributed by atoms with van der Waals surface area (Å²) in [6.45, 7) is 12.8. The maximum atomic E-state index is 14.9. The number of hydrogen-bond donors (Lipinski definition) is 0. The number of benzene rings is 1. The number of nitrogens with zero attached hydrogens (tertiary/aromatic N) is 1. The smallest absolute Gasteiger partial charge is 0.129 e. The Morgan fingerprint density at radius 3 is 2.00 bits per heavy atom. The number of aryl methyl sites for hydroxylation is 1. The summed E-state index contributed by atoms with van der Waals surface area (Å²) in [7, 11) is 0. The Bertz CT molecular complexity index is 695. The van der Waals surface area contributed by atoms with Gasteiger partial charge < -0.3 is 0 Å². The fourth-order valence-corrected chi connectivity index (χ4v) is 3.24. The van der Waals surface area contributed by atoms with Gasteiger partial charge in [0.25, 0.3) is 0 Å². The number of halogens is 1. The molecule has 0 bridgehead atoms. The third-order valence-electron chi connectivity index (χ3n) is 4.15. The van der Waals surface area contributed by atoms with Gasteiger partial charge in [0.05, 0.1) is 0 Å². The van der Waals surface area contributed by atoms with Gasteiger partial charge in [0, 0.05) is 11.4 Å². The molecule has 0 aliphatic carbocycles. The van der Waals surface area contributed by atoms with E-state index in [0.717, 1.165) is 35.4 Å². The van der Waals surface area contributed by atoms with Gasteiger partial charge in [0.2, 0.25) is 0 Å². The molecule has 0 radical (unpaired) electrons. The molecular weight excluding hydrogens is 297 g/mol. The lowest BCUT2D eigenvalue weighted by Crippen LogP contribution is -2.20. The van der Waals surface area contributed by atoms with Crippen molar-refractivity contribution in [3.63, 3.8) is 0 Å². The Hall–Kier alpha value is -1.70. The van der Waals surface area contributed by atoms with E-state index >= 15 is 0 Å². The van der Waals surface area contributed by atoms with Gasteiger partial charge in [-0.2, -0.15) is 0 Å². The van der Waals surface area contributed by atoms with Crippen LogP contribution in [0.3, 0.4) is 0 Å². The van der Waals surface area contributed by atoms with E-state index in [9.17, 15) is 4.39 Å². The lowest BCUT2D eigenvalue weighted by Gasteiger charge is -2.26. The summed E-state index contributed by atoms with van der Waals surface area (Å²) in [6.07, 6.45) is 2.32. The quantitative estimate of drug-likeness (QED) is 0.663. The van der Waals surface area contributed by atoms with E-state index in [1.807, 2.05) is 37.3 Å². The van der Waals surface area contributed by atoms with Gasteiger partial charge in [-0.25, -0.2) is 4.39 Å². The molecule has 0 saturated carbocycles. The first-order chi connectivity index (χ1) is 11.1. The molecule has 0 fully saturated rings. The second-order valence-corrected chi connectivity index (χ2v) is 8.92. The second kappa shape index (κ2) is 7.04. The minimum Gasteiger partial charge on any atom is -0.258 e. The Labute approximate surface area is 146 Å². The van der Waals surface area contributed by atoms with Gasteiger partial charge in [-0.1, -0.05) is 58.9 Å². The normalized spacial score (nSPS) is 12.5. The highest BCUT2D eigenvalue weighted by Gasteiger charge is 2.23. The summed E-state index contributed by atoms with van der Waals surface area (Å²) in [5.41, 5.74) is 3.79. The third kappa shape index (κ3) is 5.43. The van der Waals surface area contributed by atoms with E-state index in [4.69, 9.17) is 0 Å². The van der Waals surface area contributed by atoms with Crippen molar-refractivity contribution in [1.29, 1.82) is 0 Å². The van der Waals surface area contributed by atoms with Gasteiger partial charge in [0.1, 0.15) is 5.82 Å². The monoisotopic (exact) mass is 327 g/mol. The molecule has 0 saturated heterocycles. The molecule has 0 spiro atoms. The van der Waals surface area contributed by atoms with Crippen LogP contribution in [-0.4, -0.2) is 4.98 Å². The van der Waals surface area contributed by atoms with Crippen molar-refractivity contribution >= 4 is 0 Å². The molecule has 1 aromatic carbocycles. The average Bonchev–Trinajstić information content (AvgIpc) is 2.41. The molecule has 2 heteroatoms. The molecule has 0 amide bonds. The molecule has 0 N–H and O–H groups in total. The molecule has 1 heterocycles. The standard InChI is InChI=1S/C22H30FN/c1-16-9-7-12-19(24-16)15-22(5,6)14-18-11-8-10-17(20(18)23)13-21(2,3)4/h7-12H,13-15H2,1-6H3. The van der Waals surface area contributed by atoms with Crippen molar-refractivity contribution in [2.24, 2.45) is 10.8 Å². The number of pyridine rings is 1. The van der Waals surface area contributed by atoms with Crippen LogP contribution in [0.25, 0.3) is 0 Å². The Morgan fingerprint density at radius 2 is 1.42 bits per heavy atom. The second-order valence-electron chi connectivity index (χ2n) is 8.92. The molecule has 2 rings (SSSR count). The largest absolute Gasteiger partial charge is 0.258 e. The zero-order valence-electron chi connectivity index (χ0n) is 15.9. The van der Waals surface area contributed by atoms with E-state index in [2.05, 4.69) is 45.7 Å². The molecule has 0 atom stereocenters. The highest BCUT2D eigenvalue weighted by molar-refractivity contribution is 5.28. The van der Waals surface area contributed by atoms with Crippen LogP contribution in [0.4, 0.5) is 4.39 Å². The van der Waals surface area contributed by atoms with E-state index in [-0.39, 0.29) is 16.6 Å². The van der Waals surface area contributed by atoms with Crippen LogP contribution in [0.5, 0.6) is 0 Å². The first-order valence-corrected chi connectivity index (χ1v) is 8.75. The molecule has 1 nitrogen and oxygen atoms in total. The summed E-state index contributed by atoms with van der Waals surface area (Å²) < 4.78 is 14.9. The van der Waals surface area contributed by atoms with Crippen LogP contribution < -0.4 is 0 Å². The topological polar surface area (TPSA) is 12.9 Å². The first-order valence-electron chi connectivity index (χ1n) is 8.75. The van der Waals surface area contributed by atoms with Crippen LogP contribution in [0.15, 0.2) is 36.4 Å². The summed E-state index contributed by atoms with van der Waals surface area (Å²) in [6, 6.07) is 11.9. The molecule has 2 aromatic rings. The summed E-state index contributed by atoms with van der Waals surface area (Å²) in [5.74, 6) is -0.0299. The van der Waals surface area contributed by atoms with Crippen LogP contribution in [0, 0.1) is 23.6 Å². The zero-order chi connectivity index (χ0) is 18.0. The van der Waals surface area contributed by atoms with E-state index in [1.165, 1.54) is 0 Å². The van der Waals surface area contributed by atoms with Gasteiger partial charge in [-0.05, 0) is 60.3 Å². The van der Waals surface area contributed by atoms with Crippen LogP contribution in [-0.2, 0) is 19.3 Å². The highest BCUT2D eigenvalue weighted by Crippen LogP contribution is 2.30. The van der Waals surface area contributed by atoms with Gasteiger partial charge in [-0.3, -0.25) is 4.98 Å². The molecule has 0 aliphatic rings. The average molecular weight is 327 g/mol. The zero-order valence-corrected chi connectivity index (χ0v) is 15.9. The molecule has 0 unspecified atom stereocenters. The Kier molecular flexibility index (Phi) is 5.47. The van der Waals surface area contributed by atoms with Crippen molar-refractivity contribution in [2.45, 2.75) is 60.8 Å². The van der Waals surface area contributed by atoms with E-state index in [0.29, 0.717) is 6.42 Å². The molecule has 0 aliphatic heterocycles. The van der Waals surface area contributed by atoms with Gasteiger partial charge >= 0.3 is 0 Å². The Balaban J connectivity index is 2.18. The van der Waals surface area contributed by atoms with Gasteiger partial charge in [0.15, 0.2) is 0 Å². The SMILES string of the molecule is Cc1cccc(CC(C)(C)Cc2cccc(CC(C)(C)C)c2F)n1. The summed E-state index contributed by atoms with van der Waals surface area (Å²) >= 11 is 0. The third-order valence-corrected chi connectivity index (χ3v) is 4.15. The fourth-order valence-electron chi connectivity index (χ4n) is 3.24. The molecule has 130 valence electrons. The predicted octanol–water partition coefficient (Wildman–Crippen LogP) is 5.93. The van der Waals surface area contributed by atoms with Crippen LogP contribution in [0.1, 0.15) is 57.1 Å². The lowest BCUT2D eigenvalue weighted by molar-refractivity contribution is 0.348. The highest BCUT2D eigenvalue weighted by atomic mass is 19.1.